The molecule has 3 heterocycles. The topological polar surface area (TPSA) is 123 Å². The number of nitrogens with one attached hydrogen (secondary N) is 2. The molecule has 0 saturated heterocycles. The maximum absolute atomic E-state index is 12.7. The number of ether oxygens (including phenoxy) is 1. The third-order valence-electron chi connectivity index (χ3n) is 6.00. The van der Waals surface area contributed by atoms with Gasteiger partial charge in [-0.15, -0.1) is 0 Å². The molecule has 4 rings (SSSR count). The highest BCUT2D eigenvalue weighted by Crippen LogP contribution is 2.37. The van der Waals surface area contributed by atoms with Crippen LogP contribution in [-0.2, 0) is 7.05 Å². The summed E-state index contributed by atoms with van der Waals surface area (Å²) in [6.45, 7) is 3.89. The van der Waals surface area contributed by atoms with Gasteiger partial charge in [-0.1, -0.05) is 13.0 Å². The number of hydrogen-bond donors (Lipinski definition) is 2. The summed E-state index contributed by atoms with van der Waals surface area (Å²) in [6, 6.07) is 9.43. The predicted molar refractivity (Wildman–Crippen MR) is 143 cm³/mol. The first kappa shape index (κ1) is 25.7. The van der Waals surface area contributed by atoms with Gasteiger partial charge in [0.25, 0.3) is 0 Å². The van der Waals surface area contributed by atoms with Crippen LogP contribution in [0, 0.1) is 0 Å². The van der Waals surface area contributed by atoms with E-state index in [9.17, 15) is 4.79 Å². The van der Waals surface area contributed by atoms with Crippen molar-refractivity contribution in [2.24, 2.45) is 7.05 Å². The highest BCUT2D eigenvalue weighted by Gasteiger charge is 2.18. The van der Waals surface area contributed by atoms with E-state index in [2.05, 4.69) is 47.5 Å². The largest absolute Gasteiger partial charge is 0.494 e. The van der Waals surface area contributed by atoms with Crippen molar-refractivity contribution in [2.75, 3.05) is 31.8 Å². The van der Waals surface area contributed by atoms with Crippen LogP contribution >= 0.6 is 0 Å². The summed E-state index contributed by atoms with van der Waals surface area (Å²) in [5, 5.41) is 11.0. The molecule has 192 valence electrons. The first-order valence-electron chi connectivity index (χ1n) is 11.9. The Morgan fingerprint density at radius 1 is 1.08 bits per heavy atom. The van der Waals surface area contributed by atoms with Gasteiger partial charge in [0.1, 0.15) is 24.3 Å². The van der Waals surface area contributed by atoms with Gasteiger partial charge in [-0.25, -0.2) is 19.9 Å². The molecule has 1 atom stereocenters. The highest BCUT2D eigenvalue weighted by atomic mass is 16.5. The van der Waals surface area contributed by atoms with Gasteiger partial charge in [0, 0.05) is 37.8 Å². The molecule has 0 aliphatic heterocycles. The van der Waals surface area contributed by atoms with E-state index in [0.717, 1.165) is 11.3 Å². The molecule has 0 aliphatic carbocycles. The molecule has 11 heteroatoms. The second-order valence-electron chi connectivity index (χ2n) is 8.74. The lowest BCUT2D eigenvalue weighted by atomic mass is 10.1. The van der Waals surface area contributed by atoms with Gasteiger partial charge in [-0.05, 0) is 33.2 Å². The molecule has 0 amide bonds. The number of hydrogen-bond acceptors (Lipinski definition) is 10. The zero-order chi connectivity index (χ0) is 26.5. The molecule has 0 aliphatic rings. The molecule has 0 saturated carbocycles. The van der Waals surface area contributed by atoms with Crippen molar-refractivity contribution in [2.45, 2.75) is 26.3 Å². The number of pyridine rings is 1. The Hall–Kier alpha value is -4.38. The number of carbonyl (C=O) groups is 1. The number of methoxy groups -OCH3 is 1. The van der Waals surface area contributed by atoms with Crippen molar-refractivity contribution in [3.63, 3.8) is 0 Å². The van der Waals surface area contributed by atoms with Crippen LogP contribution in [-0.4, -0.2) is 61.6 Å². The number of aryl methyl sites for hydroxylation is 1. The molecule has 2 N–H and O–H groups in total. The lowest BCUT2D eigenvalue weighted by Crippen LogP contribution is -2.18. The number of ketones is 1. The SMILES string of the molecule is CCC(=O)c1cnc(Nc2cc(C(C)N(C)C)ncn2)cc1Nc1cccc(-c2ncn(C)n2)c1OC. The molecule has 11 nitrogen and oxygen atoms in total. The summed E-state index contributed by atoms with van der Waals surface area (Å²) in [4.78, 5) is 32.3. The van der Waals surface area contributed by atoms with Gasteiger partial charge in [0.2, 0.25) is 0 Å². The summed E-state index contributed by atoms with van der Waals surface area (Å²) in [6.07, 6.45) is 5.06. The van der Waals surface area contributed by atoms with Crippen LogP contribution in [0.3, 0.4) is 0 Å². The van der Waals surface area contributed by atoms with Crippen LogP contribution in [0.1, 0.15) is 42.4 Å². The minimum absolute atomic E-state index is 0.0350. The number of rotatable bonds is 10. The summed E-state index contributed by atoms with van der Waals surface area (Å²) >= 11 is 0. The quantitative estimate of drug-likeness (QED) is 0.303. The first-order chi connectivity index (χ1) is 17.8. The lowest BCUT2D eigenvalue weighted by Gasteiger charge is -2.19. The highest BCUT2D eigenvalue weighted by molar-refractivity contribution is 6.02. The zero-order valence-electron chi connectivity index (χ0n) is 21.9. The molecule has 37 heavy (non-hydrogen) atoms. The molecular formula is C26H31N9O2. The van der Waals surface area contributed by atoms with Gasteiger partial charge < -0.3 is 20.3 Å². The Balaban J connectivity index is 1.70. The molecule has 0 radical (unpaired) electrons. The van der Waals surface area contributed by atoms with Gasteiger partial charge in [0.15, 0.2) is 17.4 Å². The van der Waals surface area contributed by atoms with E-state index >= 15 is 0 Å². The Morgan fingerprint density at radius 2 is 1.86 bits per heavy atom. The number of Topliss-reactive ketones (excluding diaryl/α,β-unsaturated/α-hetero) is 1. The van der Waals surface area contributed by atoms with E-state index in [1.165, 1.54) is 6.33 Å². The lowest BCUT2D eigenvalue weighted by molar-refractivity contribution is 0.0988. The fraction of sp³-hybridized carbons (Fsp3) is 0.308. The fourth-order valence-corrected chi connectivity index (χ4v) is 3.74. The number of benzene rings is 1. The Bertz CT molecular complexity index is 1400. The van der Waals surface area contributed by atoms with E-state index in [0.29, 0.717) is 46.6 Å². The number of nitrogens with zero attached hydrogens (tertiary/aromatic N) is 7. The average Bonchev–Trinajstić information content (AvgIpc) is 3.34. The summed E-state index contributed by atoms with van der Waals surface area (Å²) in [5.74, 6) is 2.20. The van der Waals surface area contributed by atoms with Crippen molar-refractivity contribution in [3.05, 3.63) is 60.4 Å². The van der Waals surface area contributed by atoms with Gasteiger partial charge in [0.05, 0.1) is 35.3 Å². The third kappa shape index (κ3) is 5.72. The summed E-state index contributed by atoms with van der Waals surface area (Å²) in [7, 11) is 7.39. The summed E-state index contributed by atoms with van der Waals surface area (Å²) < 4.78 is 7.36. The molecule has 0 bridgehead atoms. The maximum Gasteiger partial charge on any atom is 0.184 e. The summed E-state index contributed by atoms with van der Waals surface area (Å²) in [5.41, 5.74) is 3.33. The molecule has 4 aromatic rings. The van der Waals surface area contributed by atoms with Crippen LogP contribution in [0.15, 0.2) is 49.2 Å². The Labute approximate surface area is 216 Å². The normalized spacial score (nSPS) is 11.9. The van der Waals surface area contributed by atoms with Crippen LogP contribution < -0.4 is 15.4 Å². The van der Waals surface area contributed by atoms with E-state index in [4.69, 9.17) is 4.74 Å². The van der Waals surface area contributed by atoms with Crippen molar-refractivity contribution < 1.29 is 9.53 Å². The van der Waals surface area contributed by atoms with E-state index < -0.39 is 0 Å². The third-order valence-corrected chi connectivity index (χ3v) is 6.00. The molecule has 0 spiro atoms. The van der Waals surface area contributed by atoms with Crippen molar-refractivity contribution in [1.82, 2.24) is 34.6 Å². The van der Waals surface area contributed by atoms with Crippen LogP contribution in [0.2, 0.25) is 0 Å². The number of aromatic nitrogens is 6. The maximum atomic E-state index is 12.7. The smallest absolute Gasteiger partial charge is 0.184 e. The molecule has 1 aromatic carbocycles. The van der Waals surface area contributed by atoms with E-state index in [1.807, 2.05) is 45.3 Å². The van der Waals surface area contributed by atoms with Crippen LogP contribution in [0.4, 0.5) is 23.0 Å². The van der Waals surface area contributed by atoms with Gasteiger partial charge in [-0.3, -0.25) is 9.48 Å². The molecule has 3 aromatic heterocycles. The second kappa shape index (κ2) is 11.1. The van der Waals surface area contributed by atoms with Gasteiger partial charge >= 0.3 is 0 Å². The standard InChI is InChI=1S/C26H31N9O2/c1-7-22(36)18-13-27-23(32-24-11-20(28-14-29-24)16(2)34(3)4)12-21(18)31-19-10-8-9-17(25(19)37-6)26-30-15-35(5)33-26/h8-16H,7H2,1-6H3,(H2,27,28,29,31,32). The Kier molecular flexibility index (Phi) is 7.73. The van der Waals surface area contributed by atoms with E-state index in [-0.39, 0.29) is 11.8 Å². The molecule has 1 unspecified atom stereocenters. The van der Waals surface area contributed by atoms with Crippen LogP contribution in [0.5, 0.6) is 5.75 Å². The molecule has 0 fully saturated rings. The first-order valence-corrected chi connectivity index (χ1v) is 11.9. The number of carbonyl (C=O) groups excluding carboxylic acids is 1. The van der Waals surface area contributed by atoms with Crippen molar-refractivity contribution in [1.29, 1.82) is 0 Å². The second-order valence-corrected chi connectivity index (χ2v) is 8.74. The Morgan fingerprint density at radius 3 is 2.54 bits per heavy atom. The van der Waals surface area contributed by atoms with Gasteiger partial charge in [-0.2, -0.15) is 5.10 Å². The van der Waals surface area contributed by atoms with Crippen LogP contribution in [0.25, 0.3) is 11.4 Å². The molecular weight excluding hydrogens is 470 g/mol. The zero-order valence-corrected chi connectivity index (χ0v) is 21.9. The van der Waals surface area contributed by atoms with Crippen molar-refractivity contribution in [3.8, 4) is 17.1 Å². The monoisotopic (exact) mass is 501 g/mol. The minimum atomic E-state index is -0.0350. The van der Waals surface area contributed by atoms with Crippen molar-refractivity contribution >= 4 is 28.8 Å². The fourth-order valence-electron chi connectivity index (χ4n) is 3.74. The van der Waals surface area contributed by atoms with E-state index in [1.54, 1.807) is 37.4 Å². The predicted octanol–water partition coefficient (Wildman–Crippen LogP) is 4.38. The number of para-hydroxylation sites is 1. The number of anilines is 4. The minimum Gasteiger partial charge on any atom is -0.494 e. The average molecular weight is 502 g/mol.